The normalized spacial score (nSPS) is 23.0. The van der Waals surface area contributed by atoms with Crippen molar-refractivity contribution in [1.29, 1.82) is 0 Å². The number of halogens is 1. The maximum atomic E-state index is 13.0. The predicted octanol–water partition coefficient (Wildman–Crippen LogP) is 4.57. The van der Waals surface area contributed by atoms with Crippen LogP contribution >= 0.6 is 11.6 Å². The summed E-state index contributed by atoms with van der Waals surface area (Å²) < 4.78 is 5.73. The molecule has 7 nitrogen and oxygen atoms in total. The van der Waals surface area contributed by atoms with E-state index in [4.69, 9.17) is 16.3 Å². The highest BCUT2D eigenvalue weighted by molar-refractivity contribution is 6.32. The number of imide groups is 1. The molecule has 0 aromatic heterocycles. The highest BCUT2D eigenvalue weighted by Crippen LogP contribution is 2.38. The number of rotatable bonds is 5. The van der Waals surface area contributed by atoms with Gasteiger partial charge in [-0.25, -0.2) is 4.79 Å². The molecule has 0 radical (unpaired) electrons. The molecule has 2 aliphatic rings. The van der Waals surface area contributed by atoms with Crippen molar-refractivity contribution in [2.24, 2.45) is 5.92 Å². The Hall–Kier alpha value is -3.06. The first-order valence-corrected chi connectivity index (χ1v) is 10.7. The van der Waals surface area contributed by atoms with Gasteiger partial charge in [0.25, 0.3) is 5.91 Å². The topological polar surface area (TPSA) is 87.7 Å². The van der Waals surface area contributed by atoms with Crippen molar-refractivity contribution in [3.8, 4) is 11.5 Å². The van der Waals surface area contributed by atoms with E-state index in [2.05, 4.69) is 10.6 Å². The van der Waals surface area contributed by atoms with Crippen molar-refractivity contribution in [2.45, 2.75) is 38.1 Å². The Labute approximate surface area is 185 Å². The molecular formula is C23H24ClN3O4. The van der Waals surface area contributed by atoms with Gasteiger partial charge in [0.05, 0.1) is 5.02 Å². The van der Waals surface area contributed by atoms with Crippen LogP contribution in [0.25, 0.3) is 0 Å². The van der Waals surface area contributed by atoms with Gasteiger partial charge in [-0.1, -0.05) is 43.5 Å². The summed E-state index contributed by atoms with van der Waals surface area (Å²) in [6, 6.07) is 13.4. The molecule has 2 fully saturated rings. The van der Waals surface area contributed by atoms with Gasteiger partial charge in [0, 0.05) is 5.69 Å². The maximum absolute atomic E-state index is 13.0. The van der Waals surface area contributed by atoms with Gasteiger partial charge >= 0.3 is 6.03 Å². The van der Waals surface area contributed by atoms with Crippen LogP contribution in [0.3, 0.4) is 0 Å². The third kappa shape index (κ3) is 4.23. The van der Waals surface area contributed by atoms with Crippen LogP contribution in [0, 0.1) is 5.92 Å². The van der Waals surface area contributed by atoms with E-state index in [-0.39, 0.29) is 18.4 Å². The van der Waals surface area contributed by atoms with Crippen LogP contribution < -0.4 is 15.4 Å². The summed E-state index contributed by atoms with van der Waals surface area (Å²) >= 11 is 6.09. The molecule has 4 amide bonds. The van der Waals surface area contributed by atoms with Gasteiger partial charge in [-0.2, -0.15) is 0 Å². The van der Waals surface area contributed by atoms with Gasteiger partial charge in [0.15, 0.2) is 0 Å². The number of urea groups is 1. The number of hydrogen-bond acceptors (Lipinski definition) is 4. The fourth-order valence-electron chi connectivity index (χ4n) is 4.24. The van der Waals surface area contributed by atoms with Crippen molar-refractivity contribution in [1.82, 2.24) is 10.2 Å². The predicted molar refractivity (Wildman–Crippen MR) is 117 cm³/mol. The number of benzene rings is 2. The van der Waals surface area contributed by atoms with E-state index in [0.717, 1.165) is 24.2 Å². The second kappa shape index (κ2) is 8.59. The number of para-hydroxylation sites is 1. The molecule has 0 unspecified atom stereocenters. The second-order valence-electron chi connectivity index (χ2n) is 8.04. The van der Waals surface area contributed by atoms with Crippen LogP contribution in [-0.4, -0.2) is 34.8 Å². The molecule has 1 saturated heterocycles. The first-order valence-electron chi connectivity index (χ1n) is 10.4. The van der Waals surface area contributed by atoms with Gasteiger partial charge in [-0.05, 0) is 55.2 Å². The third-order valence-electron chi connectivity index (χ3n) is 6.01. The molecule has 4 rings (SSSR count). The van der Waals surface area contributed by atoms with Crippen LogP contribution in [-0.2, 0) is 9.59 Å². The van der Waals surface area contributed by atoms with Crippen molar-refractivity contribution in [3.63, 3.8) is 0 Å². The highest BCUT2D eigenvalue weighted by atomic mass is 35.5. The SMILES string of the molecule is C[C@@H]1CCCC[C@@]12NC(=O)N(CC(=O)Nc1ccc(Oc3ccccc3Cl)cc1)C2=O. The molecule has 2 aromatic carbocycles. The van der Waals surface area contributed by atoms with Gasteiger partial charge < -0.3 is 15.4 Å². The Morgan fingerprint density at radius 2 is 1.94 bits per heavy atom. The molecule has 1 heterocycles. The lowest BCUT2D eigenvalue weighted by molar-refractivity contribution is -0.136. The summed E-state index contributed by atoms with van der Waals surface area (Å²) in [5.41, 5.74) is -0.336. The molecule has 2 N–H and O–H groups in total. The van der Waals surface area contributed by atoms with E-state index in [1.165, 1.54) is 0 Å². The summed E-state index contributed by atoms with van der Waals surface area (Å²) in [6.07, 6.45) is 3.43. The van der Waals surface area contributed by atoms with E-state index in [1.807, 2.05) is 19.1 Å². The van der Waals surface area contributed by atoms with E-state index < -0.39 is 17.5 Å². The molecule has 1 saturated carbocycles. The fraction of sp³-hybridized carbons (Fsp3) is 0.348. The highest BCUT2D eigenvalue weighted by Gasteiger charge is 2.55. The summed E-state index contributed by atoms with van der Waals surface area (Å²) in [5.74, 6) is 0.405. The molecule has 31 heavy (non-hydrogen) atoms. The van der Waals surface area contributed by atoms with Crippen LogP contribution in [0.4, 0.5) is 10.5 Å². The summed E-state index contributed by atoms with van der Waals surface area (Å²) in [6.45, 7) is 1.66. The number of carbonyl (C=O) groups is 3. The zero-order chi connectivity index (χ0) is 22.0. The number of ether oxygens (including phenoxy) is 1. The lowest BCUT2D eigenvalue weighted by Gasteiger charge is -2.36. The Morgan fingerprint density at radius 3 is 2.65 bits per heavy atom. The molecule has 2 aromatic rings. The van der Waals surface area contributed by atoms with Crippen LogP contribution in [0.15, 0.2) is 48.5 Å². The van der Waals surface area contributed by atoms with E-state index >= 15 is 0 Å². The number of nitrogens with one attached hydrogen (secondary N) is 2. The zero-order valence-electron chi connectivity index (χ0n) is 17.2. The second-order valence-corrected chi connectivity index (χ2v) is 8.45. The molecular weight excluding hydrogens is 418 g/mol. The van der Waals surface area contributed by atoms with E-state index in [1.54, 1.807) is 36.4 Å². The number of nitrogens with zero attached hydrogens (tertiary/aromatic N) is 1. The molecule has 8 heteroatoms. The Bertz CT molecular complexity index is 1010. The maximum Gasteiger partial charge on any atom is 0.325 e. The molecule has 162 valence electrons. The van der Waals surface area contributed by atoms with Crippen LogP contribution in [0.2, 0.25) is 5.02 Å². The van der Waals surface area contributed by atoms with Gasteiger partial charge in [0.2, 0.25) is 5.91 Å². The number of amides is 4. The zero-order valence-corrected chi connectivity index (χ0v) is 17.9. The number of hydrogen-bond donors (Lipinski definition) is 2. The molecule has 0 bridgehead atoms. The quantitative estimate of drug-likeness (QED) is 0.665. The van der Waals surface area contributed by atoms with Crippen molar-refractivity contribution in [2.75, 3.05) is 11.9 Å². The van der Waals surface area contributed by atoms with Crippen molar-refractivity contribution >= 4 is 35.1 Å². The average molecular weight is 442 g/mol. The smallest absolute Gasteiger partial charge is 0.325 e. The monoisotopic (exact) mass is 441 g/mol. The van der Waals surface area contributed by atoms with Crippen LogP contribution in [0.5, 0.6) is 11.5 Å². The van der Waals surface area contributed by atoms with Crippen molar-refractivity contribution < 1.29 is 19.1 Å². The minimum absolute atomic E-state index is 0.0522. The Balaban J connectivity index is 1.37. The standard InChI is InChI=1S/C23H24ClN3O4/c1-15-6-4-5-13-23(15)21(29)27(22(30)26-23)14-20(28)25-16-9-11-17(12-10-16)31-19-8-3-2-7-18(19)24/h2-3,7-12,15H,4-6,13-14H2,1H3,(H,25,28)(H,26,30)/t15-,23-/m1/s1. The first kappa shape index (κ1) is 21.2. The lowest BCUT2D eigenvalue weighted by Crippen LogP contribution is -2.54. The minimum Gasteiger partial charge on any atom is -0.456 e. The fourth-order valence-corrected chi connectivity index (χ4v) is 4.42. The largest absolute Gasteiger partial charge is 0.456 e. The van der Waals surface area contributed by atoms with E-state index in [9.17, 15) is 14.4 Å². The van der Waals surface area contributed by atoms with E-state index in [0.29, 0.717) is 28.6 Å². The van der Waals surface area contributed by atoms with Gasteiger partial charge in [-0.15, -0.1) is 0 Å². The first-order chi connectivity index (χ1) is 14.9. The Kier molecular flexibility index (Phi) is 5.87. The minimum atomic E-state index is -0.868. The summed E-state index contributed by atoms with van der Waals surface area (Å²) in [5, 5.41) is 6.07. The number of anilines is 1. The summed E-state index contributed by atoms with van der Waals surface area (Å²) in [7, 11) is 0. The third-order valence-corrected chi connectivity index (χ3v) is 6.32. The lowest BCUT2D eigenvalue weighted by atomic mass is 9.73. The number of carbonyl (C=O) groups excluding carboxylic acids is 3. The van der Waals surface area contributed by atoms with Gasteiger partial charge in [0.1, 0.15) is 23.6 Å². The molecule has 1 aliphatic heterocycles. The van der Waals surface area contributed by atoms with Crippen LogP contribution in [0.1, 0.15) is 32.6 Å². The average Bonchev–Trinajstić information content (AvgIpc) is 2.98. The van der Waals surface area contributed by atoms with Crippen molar-refractivity contribution in [3.05, 3.63) is 53.6 Å². The summed E-state index contributed by atoms with van der Waals surface area (Å²) in [4.78, 5) is 38.9. The molecule has 2 atom stereocenters. The molecule has 1 aliphatic carbocycles. The van der Waals surface area contributed by atoms with Gasteiger partial charge in [-0.3, -0.25) is 14.5 Å². The molecule has 1 spiro atoms. The Morgan fingerprint density at radius 1 is 1.19 bits per heavy atom.